The maximum Gasteiger partial charge on any atom is 0.167 e. The summed E-state index contributed by atoms with van der Waals surface area (Å²) in [5.41, 5.74) is 1.06. The van der Waals surface area contributed by atoms with Gasteiger partial charge in [-0.2, -0.15) is 0 Å². The van der Waals surface area contributed by atoms with Crippen molar-refractivity contribution in [1.29, 1.82) is 0 Å². The molecule has 1 aliphatic heterocycles. The van der Waals surface area contributed by atoms with E-state index < -0.39 is 6.10 Å². The molecule has 1 unspecified atom stereocenters. The molecule has 1 atom stereocenters. The number of allylic oxidation sites excluding steroid dienone is 1. The summed E-state index contributed by atoms with van der Waals surface area (Å²) in [6.07, 6.45) is 2.31. The highest BCUT2D eigenvalue weighted by molar-refractivity contribution is 5.18. The van der Waals surface area contributed by atoms with Gasteiger partial charge in [-0.1, -0.05) is 30.3 Å². The Bertz CT molecular complexity index is 406. The highest BCUT2D eigenvalue weighted by Crippen LogP contribution is 2.19. The molecule has 0 aliphatic carbocycles. The molecule has 0 saturated carbocycles. The van der Waals surface area contributed by atoms with E-state index in [1.54, 1.807) is 13.0 Å². The van der Waals surface area contributed by atoms with Crippen molar-refractivity contribution in [3.05, 3.63) is 59.8 Å². The summed E-state index contributed by atoms with van der Waals surface area (Å²) in [6, 6.07) is 9.81. The number of rotatable bonds is 3. The Labute approximate surface area is 94.6 Å². The van der Waals surface area contributed by atoms with Crippen molar-refractivity contribution in [2.45, 2.75) is 19.6 Å². The van der Waals surface area contributed by atoms with E-state index in [9.17, 15) is 5.11 Å². The van der Waals surface area contributed by atoms with Gasteiger partial charge in [0.15, 0.2) is 5.76 Å². The largest absolute Gasteiger partial charge is 0.487 e. The van der Waals surface area contributed by atoms with Crippen molar-refractivity contribution in [3.63, 3.8) is 0 Å². The van der Waals surface area contributed by atoms with Gasteiger partial charge in [0.25, 0.3) is 0 Å². The molecule has 0 amide bonds. The topological polar surface area (TPSA) is 38.7 Å². The summed E-state index contributed by atoms with van der Waals surface area (Å²) in [6.45, 7) is 2.20. The van der Waals surface area contributed by atoms with E-state index >= 15 is 0 Å². The molecule has 0 bridgehead atoms. The number of aliphatic hydroxyl groups is 1. The molecular formula is C13H14O3. The Balaban J connectivity index is 2.00. The average Bonchev–Trinajstić information content (AvgIpc) is 2.30. The van der Waals surface area contributed by atoms with Gasteiger partial charge in [-0.15, -0.1) is 0 Å². The molecule has 3 heteroatoms. The van der Waals surface area contributed by atoms with Gasteiger partial charge in [-0.3, -0.25) is 0 Å². The molecule has 3 nitrogen and oxygen atoms in total. The van der Waals surface area contributed by atoms with Crippen LogP contribution in [0, 0.1) is 0 Å². The second kappa shape index (κ2) is 4.86. The van der Waals surface area contributed by atoms with Crippen LogP contribution in [0.1, 0.15) is 12.5 Å². The molecule has 1 aromatic rings. The van der Waals surface area contributed by atoms with Crippen molar-refractivity contribution in [2.24, 2.45) is 0 Å². The van der Waals surface area contributed by atoms with E-state index in [0.29, 0.717) is 18.1 Å². The van der Waals surface area contributed by atoms with E-state index in [-0.39, 0.29) is 0 Å². The van der Waals surface area contributed by atoms with Gasteiger partial charge in [0.1, 0.15) is 18.5 Å². The standard InChI is InChI=1S/C13H14O3/c1-10-13(12(14)7-8-15-10)16-9-11-5-3-2-4-6-11/h2-8,12,14H,9H2,1H3. The van der Waals surface area contributed by atoms with Gasteiger partial charge in [0.2, 0.25) is 0 Å². The predicted molar refractivity (Wildman–Crippen MR) is 60.2 cm³/mol. The lowest BCUT2D eigenvalue weighted by molar-refractivity contribution is 0.0921. The number of aliphatic hydroxyl groups excluding tert-OH is 1. The van der Waals surface area contributed by atoms with Crippen LogP contribution < -0.4 is 0 Å². The summed E-state index contributed by atoms with van der Waals surface area (Å²) >= 11 is 0. The molecule has 0 spiro atoms. The minimum atomic E-state index is -0.711. The van der Waals surface area contributed by atoms with Gasteiger partial charge in [0, 0.05) is 0 Å². The van der Waals surface area contributed by atoms with Crippen LogP contribution in [0.3, 0.4) is 0 Å². The predicted octanol–water partition coefficient (Wildman–Crippen LogP) is 2.34. The molecule has 0 fully saturated rings. The van der Waals surface area contributed by atoms with Crippen molar-refractivity contribution in [3.8, 4) is 0 Å². The van der Waals surface area contributed by atoms with Gasteiger partial charge in [-0.05, 0) is 18.6 Å². The Morgan fingerprint density at radius 3 is 2.75 bits per heavy atom. The number of hydrogen-bond acceptors (Lipinski definition) is 3. The smallest absolute Gasteiger partial charge is 0.167 e. The molecule has 1 aliphatic rings. The first-order valence-corrected chi connectivity index (χ1v) is 5.16. The summed E-state index contributed by atoms with van der Waals surface area (Å²) in [5.74, 6) is 1.08. The lowest BCUT2D eigenvalue weighted by Gasteiger charge is -2.19. The number of ether oxygens (including phenoxy) is 2. The van der Waals surface area contributed by atoms with Crippen LogP contribution >= 0.6 is 0 Å². The monoisotopic (exact) mass is 218 g/mol. The van der Waals surface area contributed by atoms with Crippen LogP contribution in [0.15, 0.2) is 54.2 Å². The molecule has 1 aromatic carbocycles. The fourth-order valence-electron chi connectivity index (χ4n) is 1.49. The molecular weight excluding hydrogens is 204 g/mol. The Morgan fingerprint density at radius 1 is 1.31 bits per heavy atom. The van der Waals surface area contributed by atoms with Gasteiger partial charge in [0.05, 0.1) is 6.26 Å². The van der Waals surface area contributed by atoms with Crippen LogP contribution in [-0.4, -0.2) is 11.2 Å². The van der Waals surface area contributed by atoms with Crippen molar-refractivity contribution in [2.75, 3.05) is 0 Å². The summed E-state index contributed by atoms with van der Waals surface area (Å²) < 4.78 is 10.7. The van der Waals surface area contributed by atoms with Crippen LogP contribution in [0.25, 0.3) is 0 Å². The SMILES string of the molecule is CC1=C(OCc2ccccc2)C(O)C=CO1. The fraction of sp³-hybridized carbons (Fsp3) is 0.231. The first kappa shape index (κ1) is 10.8. The van der Waals surface area contributed by atoms with Crippen LogP contribution in [0.2, 0.25) is 0 Å². The van der Waals surface area contributed by atoms with E-state index in [2.05, 4.69) is 0 Å². The van der Waals surface area contributed by atoms with Crippen LogP contribution in [0.4, 0.5) is 0 Å². The average molecular weight is 218 g/mol. The zero-order valence-corrected chi connectivity index (χ0v) is 9.09. The van der Waals surface area contributed by atoms with Crippen molar-refractivity contribution < 1.29 is 14.6 Å². The van der Waals surface area contributed by atoms with Crippen molar-refractivity contribution >= 4 is 0 Å². The normalized spacial score (nSPS) is 19.5. The molecule has 1 heterocycles. The zero-order chi connectivity index (χ0) is 11.4. The number of benzene rings is 1. The van der Waals surface area contributed by atoms with Gasteiger partial charge < -0.3 is 14.6 Å². The third-order valence-electron chi connectivity index (χ3n) is 2.36. The summed E-state index contributed by atoms with van der Waals surface area (Å²) in [7, 11) is 0. The third kappa shape index (κ3) is 2.44. The molecule has 84 valence electrons. The van der Waals surface area contributed by atoms with Crippen molar-refractivity contribution in [1.82, 2.24) is 0 Å². The second-order valence-electron chi connectivity index (χ2n) is 3.59. The molecule has 16 heavy (non-hydrogen) atoms. The maximum atomic E-state index is 9.67. The quantitative estimate of drug-likeness (QED) is 0.846. The lowest BCUT2D eigenvalue weighted by atomic mass is 10.2. The maximum absolute atomic E-state index is 9.67. The molecule has 1 N–H and O–H groups in total. The molecule has 0 aromatic heterocycles. The van der Waals surface area contributed by atoms with E-state index in [1.165, 1.54) is 6.26 Å². The summed E-state index contributed by atoms with van der Waals surface area (Å²) in [5, 5.41) is 9.67. The molecule has 0 radical (unpaired) electrons. The fourth-order valence-corrected chi connectivity index (χ4v) is 1.49. The molecule has 2 rings (SSSR count). The zero-order valence-electron chi connectivity index (χ0n) is 9.09. The van der Waals surface area contributed by atoms with Gasteiger partial charge in [-0.25, -0.2) is 0 Å². The Morgan fingerprint density at radius 2 is 2.06 bits per heavy atom. The number of hydrogen-bond donors (Lipinski definition) is 1. The first-order valence-electron chi connectivity index (χ1n) is 5.16. The van der Waals surface area contributed by atoms with E-state index in [4.69, 9.17) is 9.47 Å². The minimum absolute atomic E-state index is 0.432. The van der Waals surface area contributed by atoms with E-state index in [0.717, 1.165) is 5.56 Å². The minimum Gasteiger partial charge on any atom is -0.487 e. The highest BCUT2D eigenvalue weighted by atomic mass is 16.5. The first-order chi connectivity index (χ1) is 7.77. The van der Waals surface area contributed by atoms with E-state index in [1.807, 2.05) is 30.3 Å². The van der Waals surface area contributed by atoms with Crippen LogP contribution in [-0.2, 0) is 16.1 Å². The highest BCUT2D eigenvalue weighted by Gasteiger charge is 2.17. The lowest BCUT2D eigenvalue weighted by Crippen LogP contribution is -2.15. The Hall–Kier alpha value is -1.74. The van der Waals surface area contributed by atoms with Crippen LogP contribution in [0.5, 0.6) is 0 Å². The van der Waals surface area contributed by atoms with Gasteiger partial charge >= 0.3 is 0 Å². The summed E-state index contributed by atoms with van der Waals surface area (Å²) in [4.78, 5) is 0. The third-order valence-corrected chi connectivity index (χ3v) is 2.36. The Kier molecular flexibility index (Phi) is 3.27. The second-order valence-corrected chi connectivity index (χ2v) is 3.59. The molecule has 0 saturated heterocycles.